The Morgan fingerprint density at radius 1 is 1.04 bits per heavy atom. The van der Waals surface area contributed by atoms with Crippen LogP contribution in [0.2, 0.25) is 0 Å². The van der Waals surface area contributed by atoms with E-state index < -0.39 is 23.0 Å². The summed E-state index contributed by atoms with van der Waals surface area (Å²) in [4.78, 5) is 11.4. The molecule has 0 heterocycles. The number of carbonyl (C=O) groups is 1. The number of benzene rings is 1. The standard InChI is InChI=1S/C21H29FO4/c1-14(2)21(10-6-7-11-21)26-17-13-15(19(23)24)12-16(18(17)22)25-20(3)8-4-5-9-20/h12-14H,4-11H2,1-3H3,(H,23,24)/p-1. The lowest BCUT2D eigenvalue weighted by atomic mass is 9.88. The summed E-state index contributed by atoms with van der Waals surface area (Å²) in [5, 5.41) is 11.4. The molecule has 0 radical (unpaired) electrons. The molecular weight excluding hydrogens is 335 g/mol. The van der Waals surface area contributed by atoms with Crippen molar-refractivity contribution in [1.29, 1.82) is 0 Å². The normalized spacial score (nSPS) is 21.1. The van der Waals surface area contributed by atoms with Gasteiger partial charge < -0.3 is 19.4 Å². The minimum atomic E-state index is -1.36. The van der Waals surface area contributed by atoms with Crippen LogP contribution >= 0.6 is 0 Å². The molecule has 0 unspecified atom stereocenters. The van der Waals surface area contributed by atoms with Gasteiger partial charge in [0.1, 0.15) is 11.2 Å². The molecule has 144 valence electrons. The second-order valence-electron chi connectivity index (χ2n) is 8.36. The maximum atomic E-state index is 15.2. The van der Waals surface area contributed by atoms with Gasteiger partial charge >= 0.3 is 0 Å². The van der Waals surface area contributed by atoms with E-state index in [9.17, 15) is 9.90 Å². The lowest BCUT2D eigenvalue weighted by Gasteiger charge is -2.35. The van der Waals surface area contributed by atoms with Gasteiger partial charge in [-0.15, -0.1) is 0 Å². The molecule has 1 aromatic carbocycles. The first-order valence-electron chi connectivity index (χ1n) is 9.68. The van der Waals surface area contributed by atoms with Gasteiger partial charge in [-0.05, 0) is 76.3 Å². The molecule has 2 aliphatic carbocycles. The second kappa shape index (κ2) is 7.09. The topological polar surface area (TPSA) is 58.6 Å². The number of aromatic carboxylic acids is 1. The predicted molar refractivity (Wildman–Crippen MR) is 94.9 cm³/mol. The summed E-state index contributed by atoms with van der Waals surface area (Å²) >= 11 is 0. The summed E-state index contributed by atoms with van der Waals surface area (Å²) in [5.41, 5.74) is -1.04. The third-order valence-corrected chi connectivity index (χ3v) is 6.07. The Morgan fingerprint density at radius 2 is 1.54 bits per heavy atom. The number of carbonyl (C=O) groups excluding carboxylic acids is 1. The summed E-state index contributed by atoms with van der Waals surface area (Å²) in [6.07, 6.45) is 7.45. The molecule has 0 aromatic heterocycles. The zero-order valence-electron chi connectivity index (χ0n) is 15.9. The minimum absolute atomic E-state index is 0.0427. The number of hydrogen-bond donors (Lipinski definition) is 0. The predicted octanol–water partition coefficient (Wildman–Crippen LogP) is 4.25. The van der Waals surface area contributed by atoms with Crippen LogP contribution in [-0.4, -0.2) is 17.2 Å². The summed E-state index contributed by atoms with van der Waals surface area (Å²) < 4.78 is 27.2. The third-order valence-electron chi connectivity index (χ3n) is 6.07. The van der Waals surface area contributed by atoms with Crippen LogP contribution in [-0.2, 0) is 0 Å². The molecule has 5 heteroatoms. The van der Waals surface area contributed by atoms with Crippen molar-refractivity contribution in [2.75, 3.05) is 0 Å². The van der Waals surface area contributed by atoms with Gasteiger partial charge in [-0.3, -0.25) is 0 Å². The lowest BCUT2D eigenvalue weighted by molar-refractivity contribution is -0.255. The van der Waals surface area contributed by atoms with E-state index in [0.29, 0.717) is 0 Å². The first-order chi connectivity index (χ1) is 12.2. The van der Waals surface area contributed by atoms with Crippen LogP contribution in [0.5, 0.6) is 11.5 Å². The van der Waals surface area contributed by atoms with Crippen LogP contribution in [0.4, 0.5) is 4.39 Å². The second-order valence-corrected chi connectivity index (χ2v) is 8.36. The van der Waals surface area contributed by atoms with Crippen LogP contribution in [0, 0.1) is 11.7 Å². The van der Waals surface area contributed by atoms with E-state index in [1.165, 1.54) is 12.1 Å². The fourth-order valence-electron chi connectivity index (χ4n) is 4.32. The number of halogens is 1. The molecule has 0 spiro atoms. The first kappa shape index (κ1) is 19.0. The van der Waals surface area contributed by atoms with Crippen molar-refractivity contribution < 1.29 is 23.8 Å². The van der Waals surface area contributed by atoms with E-state index in [1.807, 2.05) is 6.92 Å². The first-order valence-corrected chi connectivity index (χ1v) is 9.68. The van der Waals surface area contributed by atoms with E-state index in [2.05, 4.69) is 13.8 Å². The van der Waals surface area contributed by atoms with Gasteiger partial charge in [-0.1, -0.05) is 13.8 Å². The Bertz CT molecular complexity index is 671. The van der Waals surface area contributed by atoms with Crippen molar-refractivity contribution >= 4 is 5.97 Å². The highest BCUT2D eigenvalue weighted by Gasteiger charge is 2.40. The van der Waals surface area contributed by atoms with E-state index in [4.69, 9.17) is 9.47 Å². The van der Waals surface area contributed by atoms with Crippen LogP contribution in [0.3, 0.4) is 0 Å². The van der Waals surface area contributed by atoms with Gasteiger partial charge in [0.2, 0.25) is 5.82 Å². The molecule has 0 aliphatic heterocycles. The van der Waals surface area contributed by atoms with Crippen molar-refractivity contribution in [3.8, 4) is 11.5 Å². The zero-order chi connectivity index (χ0) is 18.9. The molecule has 2 aliphatic rings. The highest BCUT2D eigenvalue weighted by atomic mass is 19.1. The molecule has 3 rings (SSSR count). The highest BCUT2D eigenvalue weighted by molar-refractivity contribution is 5.87. The van der Waals surface area contributed by atoms with Gasteiger partial charge in [0, 0.05) is 5.56 Å². The van der Waals surface area contributed by atoms with Crippen molar-refractivity contribution in [2.24, 2.45) is 5.92 Å². The minimum Gasteiger partial charge on any atom is -0.545 e. The smallest absolute Gasteiger partial charge is 0.206 e. The quantitative estimate of drug-likeness (QED) is 0.758. The van der Waals surface area contributed by atoms with Gasteiger partial charge in [0.15, 0.2) is 11.5 Å². The molecule has 0 amide bonds. The monoisotopic (exact) mass is 363 g/mol. The van der Waals surface area contributed by atoms with Gasteiger partial charge in [-0.2, -0.15) is 4.39 Å². The summed E-state index contributed by atoms with van der Waals surface area (Å²) in [6.45, 7) is 6.06. The Morgan fingerprint density at radius 3 is 2.04 bits per heavy atom. The molecule has 4 nitrogen and oxygen atoms in total. The SMILES string of the molecule is CC(C)C1(Oc2cc(C(=O)[O-])cc(OC3(C)CCCC3)c2F)CCCC1. The van der Waals surface area contributed by atoms with E-state index in [0.717, 1.165) is 51.4 Å². The van der Waals surface area contributed by atoms with Crippen LogP contribution < -0.4 is 14.6 Å². The number of ether oxygens (including phenoxy) is 2. The zero-order valence-corrected chi connectivity index (χ0v) is 15.9. The van der Waals surface area contributed by atoms with Gasteiger partial charge in [0.05, 0.1) is 5.97 Å². The number of rotatable bonds is 6. The van der Waals surface area contributed by atoms with Crippen LogP contribution in [0.25, 0.3) is 0 Å². The van der Waals surface area contributed by atoms with Crippen molar-refractivity contribution in [2.45, 2.75) is 83.3 Å². The Balaban J connectivity index is 1.97. The molecule has 0 saturated heterocycles. The largest absolute Gasteiger partial charge is 0.545 e. The number of carboxylic acids is 1. The molecule has 2 fully saturated rings. The van der Waals surface area contributed by atoms with Crippen molar-refractivity contribution in [3.05, 3.63) is 23.5 Å². The summed E-state index contributed by atoms with van der Waals surface area (Å²) in [5.74, 6) is -1.87. The van der Waals surface area contributed by atoms with Crippen molar-refractivity contribution in [1.82, 2.24) is 0 Å². The van der Waals surface area contributed by atoms with Crippen molar-refractivity contribution in [3.63, 3.8) is 0 Å². The Labute approximate surface area is 154 Å². The number of hydrogen-bond acceptors (Lipinski definition) is 4. The van der Waals surface area contributed by atoms with E-state index in [1.54, 1.807) is 0 Å². The molecule has 1 aromatic rings. The summed E-state index contributed by atoms with van der Waals surface area (Å²) in [7, 11) is 0. The van der Waals surface area contributed by atoms with E-state index in [-0.39, 0.29) is 23.0 Å². The Hall–Kier alpha value is -1.78. The molecule has 0 N–H and O–H groups in total. The van der Waals surface area contributed by atoms with E-state index >= 15 is 4.39 Å². The molecular formula is C21H28FO4-. The molecule has 0 bridgehead atoms. The lowest BCUT2D eigenvalue weighted by Crippen LogP contribution is -2.39. The third kappa shape index (κ3) is 3.67. The maximum Gasteiger partial charge on any atom is 0.206 e. The maximum absolute atomic E-state index is 15.2. The fraction of sp³-hybridized carbons (Fsp3) is 0.667. The fourth-order valence-corrected chi connectivity index (χ4v) is 4.32. The number of carboxylic acid groups (broad SMARTS) is 1. The van der Waals surface area contributed by atoms with Crippen LogP contribution in [0.15, 0.2) is 12.1 Å². The average Bonchev–Trinajstić information content (AvgIpc) is 3.21. The highest BCUT2D eigenvalue weighted by Crippen LogP contribution is 2.43. The Kier molecular flexibility index (Phi) is 5.18. The van der Waals surface area contributed by atoms with Gasteiger partial charge in [-0.25, -0.2) is 0 Å². The average molecular weight is 363 g/mol. The molecule has 2 saturated carbocycles. The van der Waals surface area contributed by atoms with Gasteiger partial charge in [0.25, 0.3) is 0 Å². The van der Waals surface area contributed by atoms with Crippen LogP contribution in [0.1, 0.15) is 82.5 Å². The summed E-state index contributed by atoms with van der Waals surface area (Å²) in [6, 6.07) is 2.45. The molecule has 0 atom stereocenters. The molecule has 26 heavy (non-hydrogen) atoms.